The van der Waals surface area contributed by atoms with Gasteiger partial charge in [-0.2, -0.15) is 0 Å². The first-order valence-corrected chi connectivity index (χ1v) is 11.7. The van der Waals surface area contributed by atoms with Gasteiger partial charge in [0.15, 0.2) is 23.1 Å². The lowest BCUT2D eigenvalue weighted by molar-refractivity contribution is 0.355. The first kappa shape index (κ1) is 24.8. The number of nitrogens with zero attached hydrogens (tertiary/aromatic N) is 4. The van der Waals surface area contributed by atoms with Crippen LogP contribution in [-0.2, 0) is 7.05 Å². The smallest absolute Gasteiger partial charge is 0.262 e. The summed E-state index contributed by atoms with van der Waals surface area (Å²) in [6.07, 6.45) is 3.03. The summed E-state index contributed by atoms with van der Waals surface area (Å²) in [6, 6.07) is 19.1. The van der Waals surface area contributed by atoms with Crippen molar-refractivity contribution < 1.29 is 18.6 Å². The topological polar surface area (TPSA) is 78.7 Å². The first-order valence-electron chi connectivity index (χ1n) is 11.7. The zero-order chi connectivity index (χ0) is 26.8. The number of aromatic nitrogens is 3. The van der Waals surface area contributed by atoms with Gasteiger partial charge in [-0.3, -0.25) is 14.3 Å². The average Bonchev–Trinajstić information content (AvgIpc) is 2.95. The highest BCUT2D eigenvalue weighted by Gasteiger charge is 2.17. The van der Waals surface area contributed by atoms with Gasteiger partial charge >= 0.3 is 0 Å². The van der Waals surface area contributed by atoms with Gasteiger partial charge in [-0.25, -0.2) is 9.37 Å². The molecule has 0 aliphatic carbocycles. The van der Waals surface area contributed by atoms with Crippen molar-refractivity contribution in [2.24, 2.45) is 7.05 Å². The van der Waals surface area contributed by atoms with Gasteiger partial charge in [0, 0.05) is 43.6 Å². The molecule has 38 heavy (non-hydrogen) atoms. The number of ether oxygens (including phenoxy) is 3. The third kappa shape index (κ3) is 4.50. The number of hydrogen-bond acceptors (Lipinski definition) is 7. The predicted molar refractivity (Wildman–Crippen MR) is 144 cm³/mol. The molecule has 0 aliphatic heterocycles. The van der Waals surface area contributed by atoms with E-state index in [4.69, 9.17) is 14.2 Å². The minimum atomic E-state index is -0.625. The maximum absolute atomic E-state index is 15.2. The summed E-state index contributed by atoms with van der Waals surface area (Å²) in [5.41, 5.74) is 1.85. The second-order valence-corrected chi connectivity index (χ2v) is 8.51. The van der Waals surface area contributed by atoms with Gasteiger partial charge in [0.05, 0.1) is 25.3 Å². The van der Waals surface area contributed by atoms with Crippen LogP contribution < -0.4 is 24.7 Å². The van der Waals surface area contributed by atoms with Crippen LogP contribution >= 0.6 is 0 Å². The van der Waals surface area contributed by atoms with E-state index < -0.39 is 5.82 Å². The summed E-state index contributed by atoms with van der Waals surface area (Å²) in [6.45, 7) is 0. The zero-order valence-corrected chi connectivity index (χ0v) is 21.3. The summed E-state index contributed by atoms with van der Waals surface area (Å²) in [7, 11) is 6.54. The van der Waals surface area contributed by atoms with Crippen molar-refractivity contribution >= 4 is 22.5 Å². The lowest BCUT2D eigenvalue weighted by Gasteiger charge is -2.21. The van der Waals surface area contributed by atoms with Crippen molar-refractivity contribution in [1.82, 2.24) is 14.5 Å². The highest BCUT2D eigenvalue weighted by atomic mass is 19.1. The van der Waals surface area contributed by atoms with E-state index >= 15 is 4.39 Å². The fraction of sp³-hybridized carbons (Fsp3) is 0.138. The molecule has 8 nitrogen and oxygen atoms in total. The Morgan fingerprint density at radius 1 is 0.868 bits per heavy atom. The first-order chi connectivity index (χ1) is 18.4. The molecule has 5 aromatic rings. The Balaban J connectivity index is 1.46. The van der Waals surface area contributed by atoms with Crippen LogP contribution in [0.5, 0.6) is 23.0 Å². The van der Waals surface area contributed by atoms with Gasteiger partial charge in [-0.05, 0) is 42.0 Å². The molecular weight excluding hydrogens is 487 g/mol. The van der Waals surface area contributed by atoms with E-state index in [1.54, 1.807) is 44.6 Å². The number of fused-ring (bicyclic) bond motifs is 1. The monoisotopic (exact) mass is 512 g/mol. The molecule has 0 atom stereocenters. The summed E-state index contributed by atoms with van der Waals surface area (Å²) in [5.74, 6) is 1.26. The Hall–Kier alpha value is -4.92. The molecule has 0 radical (unpaired) electrons. The van der Waals surface area contributed by atoms with Crippen LogP contribution in [0.2, 0.25) is 0 Å². The minimum Gasteiger partial charge on any atom is -0.493 e. The Bertz CT molecular complexity index is 1690. The molecule has 0 amide bonds. The standard InChI is InChI=1S/C29H25FN4O4/c1-33(19-8-6-5-7-9-19)29-32-17-21(28(35)34(29)2)18-10-11-25(22(30)14-18)38-24-12-13-31-23-16-27(37-4)26(36-3)15-20(23)24/h5-17H,1-4H3. The van der Waals surface area contributed by atoms with Gasteiger partial charge in [-0.15, -0.1) is 0 Å². The van der Waals surface area contributed by atoms with Crippen LogP contribution in [0.25, 0.3) is 22.0 Å². The normalized spacial score (nSPS) is 10.9. The maximum atomic E-state index is 15.2. The van der Waals surface area contributed by atoms with Crippen LogP contribution in [0.3, 0.4) is 0 Å². The number of anilines is 2. The SMILES string of the molecule is COc1cc2nccc(Oc3ccc(-c4cnc(N(C)c5ccccc5)n(C)c4=O)cc3F)c2cc1OC. The molecule has 0 spiro atoms. The number of methoxy groups -OCH3 is 2. The molecule has 2 aromatic heterocycles. The van der Waals surface area contributed by atoms with E-state index in [1.807, 2.05) is 42.3 Å². The van der Waals surface area contributed by atoms with Crippen LogP contribution in [0.4, 0.5) is 16.0 Å². The Kier molecular flexibility index (Phi) is 6.66. The van der Waals surface area contributed by atoms with Crippen LogP contribution in [0, 0.1) is 5.82 Å². The summed E-state index contributed by atoms with van der Waals surface area (Å²) in [5, 5.41) is 0.629. The Morgan fingerprint density at radius 2 is 1.61 bits per heavy atom. The molecule has 9 heteroatoms. The van der Waals surface area contributed by atoms with Gasteiger partial charge in [0.2, 0.25) is 5.95 Å². The fourth-order valence-corrected chi connectivity index (χ4v) is 4.22. The summed E-state index contributed by atoms with van der Waals surface area (Å²) in [4.78, 5) is 23.8. The third-order valence-electron chi connectivity index (χ3n) is 6.26. The second-order valence-electron chi connectivity index (χ2n) is 8.51. The van der Waals surface area contributed by atoms with Gasteiger partial charge in [0.25, 0.3) is 5.56 Å². The van der Waals surface area contributed by atoms with Crippen molar-refractivity contribution in [2.45, 2.75) is 0 Å². The van der Waals surface area contributed by atoms with Crippen molar-refractivity contribution in [1.29, 1.82) is 0 Å². The highest BCUT2D eigenvalue weighted by molar-refractivity contribution is 5.88. The molecule has 192 valence electrons. The van der Waals surface area contributed by atoms with E-state index in [-0.39, 0.29) is 16.9 Å². The molecule has 3 aromatic carbocycles. The number of halogens is 1. The number of hydrogen-bond donors (Lipinski definition) is 0. The average molecular weight is 513 g/mol. The quantitative estimate of drug-likeness (QED) is 0.276. The molecule has 0 saturated heterocycles. The van der Waals surface area contributed by atoms with E-state index in [9.17, 15) is 4.79 Å². The highest BCUT2D eigenvalue weighted by Crippen LogP contribution is 2.37. The molecule has 0 unspecified atom stereocenters. The van der Waals surface area contributed by atoms with Crippen LogP contribution in [-0.4, -0.2) is 35.8 Å². The van der Waals surface area contributed by atoms with Crippen LogP contribution in [0.15, 0.2) is 83.9 Å². The Morgan fingerprint density at radius 3 is 2.32 bits per heavy atom. The molecular formula is C29H25FN4O4. The number of pyridine rings is 1. The second kappa shape index (κ2) is 10.2. The molecule has 0 N–H and O–H groups in total. The van der Waals surface area contributed by atoms with E-state index in [1.165, 1.54) is 30.0 Å². The van der Waals surface area contributed by atoms with E-state index in [2.05, 4.69) is 9.97 Å². The van der Waals surface area contributed by atoms with E-state index in [0.717, 1.165) is 5.69 Å². The Labute approximate surface area is 218 Å². The lowest BCUT2D eigenvalue weighted by Crippen LogP contribution is -2.26. The fourth-order valence-electron chi connectivity index (χ4n) is 4.22. The number of benzene rings is 3. The molecule has 5 rings (SSSR count). The zero-order valence-electron chi connectivity index (χ0n) is 21.3. The maximum Gasteiger partial charge on any atom is 0.262 e. The largest absolute Gasteiger partial charge is 0.493 e. The van der Waals surface area contributed by atoms with Gasteiger partial charge in [0.1, 0.15) is 5.75 Å². The minimum absolute atomic E-state index is 0.00116. The lowest BCUT2D eigenvalue weighted by atomic mass is 10.1. The molecule has 0 aliphatic rings. The van der Waals surface area contributed by atoms with Crippen LogP contribution in [0.1, 0.15) is 0 Å². The third-order valence-corrected chi connectivity index (χ3v) is 6.26. The molecule has 0 saturated carbocycles. The van der Waals surface area contributed by atoms with Gasteiger partial charge < -0.3 is 19.1 Å². The summed E-state index contributed by atoms with van der Waals surface area (Å²) >= 11 is 0. The molecule has 0 bridgehead atoms. The van der Waals surface area contributed by atoms with Crippen molar-refractivity contribution in [3.63, 3.8) is 0 Å². The van der Waals surface area contributed by atoms with Crippen molar-refractivity contribution in [2.75, 3.05) is 26.2 Å². The molecule has 2 heterocycles. The van der Waals surface area contributed by atoms with Crippen molar-refractivity contribution in [3.05, 3.63) is 95.3 Å². The van der Waals surface area contributed by atoms with E-state index in [0.29, 0.717) is 39.7 Å². The number of para-hydroxylation sites is 1. The van der Waals surface area contributed by atoms with Gasteiger partial charge in [-0.1, -0.05) is 24.3 Å². The summed E-state index contributed by atoms with van der Waals surface area (Å²) < 4.78 is 33.3. The molecule has 0 fully saturated rings. The number of rotatable bonds is 7. The predicted octanol–water partition coefficient (Wildman–Crippen LogP) is 5.71. The van der Waals surface area contributed by atoms with Crippen molar-refractivity contribution in [3.8, 4) is 34.1 Å².